The number of aliphatic hydroxyl groups excluding tert-OH is 2. The van der Waals surface area contributed by atoms with Crippen molar-refractivity contribution in [3.63, 3.8) is 0 Å². The van der Waals surface area contributed by atoms with E-state index >= 15 is 0 Å². The third-order valence-electron chi connectivity index (χ3n) is 2.22. The Labute approximate surface area is 107 Å². The van der Waals surface area contributed by atoms with Crippen LogP contribution in [0.5, 0.6) is 0 Å². The number of alkyl halides is 1. The van der Waals surface area contributed by atoms with Crippen LogP contribution in [0.3, 0.4) is 0 Å². The summed E-state index contributed by atoms with van der Waals surface area (Å²) < 4.78 is 0. The molecular formula is C11H11BrClNO2. The summed E-state index contributed by atoms with van der Waals surface area (Å²) in [6, 6.07) is 6.55. The molecular weight excluding hydrogens is 293 g/mol. The number of halogens is 2. The van der Waals surface area contributed by atoms with Gasteiger partial charge in [0.15, 0.2) is 0 Å². The molecule has 0 aliphatic heterocycles. The molecule has 0 radical (unpaired) electrons. The first-order valence-electron chi connectivity index (χ1n) is 4.71. The Bertz CT molecular complexity index is 405. The molecule has 16 heavy (non-hydrogen) atoms. The summed E-state index contributed by atoms with van der Waals surface area (Å²) in [5.74, 6) is 0. The minimum atomic E-state index is -0.984. The first-order valence-corrected chi connectivity index (χ1v) is 6.21. The zero-order valence-corrected chi connectivity index (χ0v) is 10.7. The molecule has 0 amide bonds. The highest BCUT2D eigenvalue weighted by atomic mass is 79.9. The van der Waals surface area contributed by atoms with E-state index in [1.807, 2.05) is 6.07 Å². The van der Waals surface area contributed by atoms with Gasteiger partial charge in [0.1, 0.15) is 12.2 Å². The van der Waals surface area contributed by atoms with Crippen molar-refractivity contribution in [2.24, 2.45) is 0 Å². The predicted octanol–water partition coefficient (Wildman–Crippen LogP) is 2.39. The molecule has 0 aromatic heterocycles. The van der Waals surface area contributed by atoms with Crippen LogP contribution < -0.4 is 0 Å². The summed E-state index contributed by atoms with van der Waals surface area (Å²) >= 11 is 9.02. The Morgan fingerprint density at radius 3 is 2.62 bits per heavy atom. The van der Waals surface area contributed by atoms with Gasteiger partial charge in [0.25, 0.3) is 0 Å². The van der Waals surface area contributed by atoms with E-state index in [1.54, 1.807) is 6.07 Å². The van der Waals surface area contributed by atoms with Crippen LogP contribution in [-0.4, -0.2) is 21.6 Å². The fourth-order valence-corrected chi connectivity index (χ4v) is 2.00. The minimum Gasteiger partial charge on any atom is -0.390 e. The average Bonchev–Trinajstić information content (AvgIpc) is 2.28. The van der Waals surface area contributed by atoms with Crippen LogP contribution in [-0.2, 0) is 0 Å². The van der Waals surface area contributed by atoms with Gasteiger partial charge in [-0.15, -0.1) is 0 Å². The molecule has 0 heterocycles. The lowest BCUT2D eigenvalue weighted by Gasteiger charge is -2.17. The van der Waals surface area contributed by atoms with Gasteiger partial charge in [0.2, 0.25) is 0 Å². The number of rotatable bonds is 4. The molecule has 1 rings (SSSR count). The van der Waals surface area contributed by atoms with E-state index in [2.05, 4.69) is 15.9 Å². The van der Waals surface area contributed by atoms with E-state index in [4.69, 9.17) is 16.9 Å². The summed E-state index contributed by atoms with van der Waals surface area (Å²) in [6.07, 6.45) is -1.38. The van der Waals surface area contributed by atoms with Crippen LogP contribution >= 0.6 is 27.5 Å². The van der Waals surface area contributed by atoms with Gasteiger partial charge in [-0.25, -0.2) is 0 Å². The van der Waals surface area contributed by atoms with Crippen molar-refractivity contribution in [1.29, 1.82) is 5.26 Å². The highest BCUT2D eigenvalue weighted by Crippen LogP contribution is 2.24. The van der Waals surface area contributed by atoms with E-state index in [0.717, 1.165) is 0 Å². The highest BCUT2D eigenvalue weighted by Gasteiger charge is 2.18. The van der Waals surface area contributed by atoms with Gasteiger partial charge in [-0.05, 0) is 24.1 Å². The Morgan fingerprint density at radius 2 is 2.12 bits per heavy atom. The molecule has 2 N–H and O–H groups in total. The van der Waals surface area contributed by atoms with Crippen LogP contribution in [0.1, 0.15) is 23.7 Å². The van der Waals surface area contributed by atoms with Gasteiger partial charge in [0, 0.05) is 5.33 Å². The second-order valence-electron chi connectivity index (χ2n) is 3.34. The number of nitriles is 1. The fraction of sp³-hybridized carbons (Fsp3) is 0.364. The second kappa shape index (κ2) is 6.21. The molecule has 0 bridgehead atoms. The third-order valence-corrected chi connectivity index (χ3v) is 2.99. The van der Waals surface area contributed by atoms with Crippen molar-refractivity contribution in [2.45, 2.75) is 18.6 Å². The number of hydrogen-bond acceptors (Lipinski definition) is 3. The smallest absolute Gasteiger partial charge is 0.105 e. The monoisotopic (exact) mass is 303 g/mol. The maximum Gasteiger partial charge on any atom is 0.105 e. The molecule has 0 aliphatic rings. The third kappa shape index (κ3) is 3.19. The van der Waals surface area contributed by atoms with Crippen LogP contribution in [0, 0.1) is 11.3 Å². The molecule has 1 aromatic rings. The molecule has 0 fully saturated rings. The van der Waals surface area contributed by atoms with Gasteiger partial charge in [0.05, 0.1) is 16.7 Å². The summed E-state index contributed by atoms with van der Waals surface area (Å²) in [6.45, 7) is 0. The zero-order chi connectivity index (χ0) is 12.1. The first kappa shape index (κ1) is 13.5. The lowest BCUT2D eigenvalue weighted by Crippen LogP contribution is -2.18. The molecule has 3 nitrogen and oxygen atoms in total. The van der Waals surface area contributed by atoms with Gasteiger partial charge in [-0.2, -0.15) is 5.26 Å². The van der Waals surface area contributed by atoms with Crippen molar-refractivity contribution in [1.82, 2.24) is 0 Å². The first-order chi connectivity index (χ1) is 7.60. The van der Waals surface area contributed by atoms with Gasteiger partial charge < -0.3 is 10.2 Å². The Kier molecular flexibility index (Phi) is 5.23. The molecule has 0 saturated carbocycles. The summed E-state index contributed by atoms with van der Waals surface area (Å²) in [5, 5.41) is 29.0. The molecule has 1 aromatic carbocycles. The maximum absolute atomic E-state index is 9.80. The van der Waals surface area contributed by atoms with Crippen LogP contribution in [0.4, 0.5) is 0 Å². The SMILES string of the molecule is N#Cc1ccc(C(O)C(O)CCBr)cc1Cl. The van der Waals surface area contributed by atoms with Crippen molar-refractivity contribution in [3.05, 3.63) is 34.3 Å². The minimum absolute atomic E-state index is 0.282. The Morgan fingerprint density at radius 1 is 1.44 bits per heavy atom. The summed E-state index contributed by atoms with van der Waals surface area (Å²) in [5.41, 5.74) is 0.866. The van der Waals surface area contributed by atoms with Crippen LogP contribution in [0.15, 0.2) is 18.2 Å². The van der Waals surface area contributed by atoms with Crippen molar-refractivity contribution >= 4 is 27.5 Å². The normalized spacial score (nSPS) is 14.2. The lowest BCUT2D eigenvalue weighted by atomic mass is 10.0. The molecule has 2 unspecified atom stereocenters. The molecule has 86 valence electrons. The molecule has 0 aliphatic carbocycles. The van der Waals surface area contributed by atoms with E-state index in [9.17, 15) is 10.2 Å². The lowest BCUT2D eigenvalue weighted by molar-refractivity contribution is 0.0173. The largest absolute Gasteiger partial charge is 0.390 e. The van der Waals surface area contributed by atoms with E-state index < -0.39 is 12.2 Å². The predicted molar refractivity (Wildman–Crippen MR) is 65.5 cm³/mol. The highest BCUT2D eigenvalue weighted by molar-refractivity contribution is 9.09. The number of nitrogens with zero attached hydrogens (tertiary/aromatic N) is 1. The van der Waals surface area contributed by atoms with Gasteiger partial charge in [-0.1, -0.05) is 33.6 Å². The Balaban J connectivity index is 2.89. The molecule has 0 saturated heterocycles. The summed E-state index contributed by atoms with van der Waals surface area (Å²) in [4.78, 5) is 0. The average molecular weight is 305 g/mol. The molecule has 2 atom stereocenters. The topological polar surface area (TPSA) is 64.2 Å². The maximum atomic E-state index is 9.80. The quantitative estimate of drug-likeness (QED) is 0.840. The van der Waals surface area contributed by atoms with Crippen molar-refractivity contribution in [3.8, 4) is 6.07 Å². The zero-order valence-electron chi connectivity index (χ0n) is 8.40. The fourth-order valence-electron chi connectivity index (χ4n) is 1.30. The van der Waals surface area contributed by atoms with E-state index in [0.29, 0.717) is 22.9 Å². The van der Waals surface area contributed by atoms with Crippen molar-refractivity contribution < 1.29 is 10.2 Å². The van der Waals surface area contributed by atoms with Crippen molar-refractivity contribution in [2.75, 3.05) is 5.33 Å². The number of aliphatic hydroxyl groups is 2. The molecule has 5 heteroatoms. The van der Waals surface area contributed by atoms with E-state index in [-0.39, 0.29) is 5.02 Å². The van der Waals surface area contributed by atoms with E-state index in [1.165, 1.54) is 12.1 Å². The number of benzene rings is 1. The Hall–Kier alpha value is -0.600. The molecule has 0 spiro atoms. The second-order valence-corrected chi connectivity index (χ2v) is 4.54. The van der Waals surface area contributed by atoms with Crippen LogP contribution in [0.2, 0.25) is 5.02 Å². The van der Waals surface area contributed by atoms with Crippen LogP contribution in [0.25, 0.3) is 0 Å². The van der Waals surface area contributed by atoms with Gasteiger partial charge in [-0.3, -0.25) is 0 Å². The number of hydrogen-bond donors (Lipinski definition) is 2. The standard InChI is InChI=1S/C11H11BrClNO2/c12-4-3-10(15)11(16)7-1-2-8(6-14)9(13)5-7/h1-2,5,10-11,15-16H,3-4H2. The summed E-state index contributed by atoms with van der Waals surface area (Å²) in [7, 11) is 0. The van der Waals surface area contributed by atoms with Gasteiger partial charge >= 0.3 is 0 Å².